The van der Waals surface area contributed by atoms with E-state index in [4.69, 9.17) is 9.47 Å². The Bertz CT molecular complexity index is 362. The minimum Gasteiger partial charge on any atom is -0.440 e. The fourth-order valence-electron chi connectivity index (χ4n) is 1.06. The van der Waals surface area contributed by atoms with Crippen LogP contribution in [0, 0.1) is 11.8 Å². The summed E-state index contributed by atoms with van der Waals surface area (Å²) >= 11 is 0. The summed E-state index contributed by atoms with van der Waals surface area (Å²) in [5, 5.41) is 0. The third-order valence-corrected chi connectivity index (χ3v) is 1.58. The molecule has 2 rings (SSSR count). The summed E-state index contributed by atoms with van der Waals surface area (Å²) in [5.41, 5.74) is 0. The first kappa shape index (κ1) is 7.69. The van der Waals surface area contributed by atoms with E-state index in [1.807, 2.05) is 12.1 Å². The van der Waals surface area contributed by atoms with Gasteiger partial charge < -0.3 is 9.47 Å². The van der Waals surface area contributed by atoms with E-state index in [9.17, 15) is 4.79 Å². The molecule has 0 aromatic heterocycles. The molecule has 0 spiro atoms. The molecule has 1 heterocycles. The second-order valence-electron chi connectivity index (χ2n) is 2.42. The Hall–Kier alpha value is -1.95. The van der Waals surface area contributed by atoms with Crippen LogP contribution in [0.5, 0.6) is 11.5 Å². The Morgan fingerprint density at radius 3 is 2.38 bits per heavy atom. The molecule has 3 nitrogen and oxygen atoms in total. The van der Waals surface area contributed by atoms with Gasteiger partial charge in [-0.25, -0.2) is 0 Å². The van der Waals surface area contributed by atoms with Gasteiger partial charge in [0, 0.05) is 0 Å². The van der Waals surface area contributed by atoms with Crippen LogP contribution in [0.2, 0.25) is 0 Å². The summed E-state index contributed by atoms with van der Waals surface area (Å²) in [6.07, 6.45) is -0.141. The topological polar surface area (TPSA) is 35.5 Å². The van der Waals surface area contributed by atoms with Crippen LogP contribution in [0.4, 0.5) is 0 Å². The Labute approximate surface area is 75.3 Å². The second kappa shape index (κ2) is 3.20. The molecule has 0 saturated carbocycles. The lowest BCUT2D eigenvalue weighted by Crippen LogP contribution is -2.14. The molecule has 13 heavy (non-hydrogen) atoms. The minimum atomic E-state index is -0.650. The first-order valence-corrected chi connectivity index (χ1v) is 3.77. The molecule has 1 aliphatic heterocycles. The van der Waals surface area contributed by atoms with Crippen LogP contribution in [0.25, 0.3) is 0 Å². The van der Waals surface area contributed by atoms with Crippen molar-refractivity contribution in [1.29, 1.82) is 0 Å². The maximum atomic E-state index is 9.95. The Kier molecular flexibility index (Phi) is 1.89. The van der Waals surface area contributed by atoms with E-state index in [1.54, 1.807) is 12.1 Å². The summed E-state index contributed by atoms with van der Waals surface area (Å²) in [6.45, 7) is 0. The number of benzene rings is 1. The lowest BCUT2D eigenvalue weighted by Gasteiger charge is -1.99. The highest BCUT2D eigenvalue weighted by Crippen LogP contribution is 2.33. The van der Waals surface area contributed by atoms with Crippen LogP contribution in [0.1, 0.15) is 0 Å². The van der Waals surface area contributed by atoms with E-state index in [1.165, 1.54) is 0 Å². The minimum absolute atomic E-state index is 0.510. The Balaban J connectivity index is 2.18. The lowest BCUT2D eigenvalue weighted by molar-refractivity contribution is -0.103. The van der Waals surface area contributed by atoms with Crippen LogP contribution in [0.3, 0.4) is 0 Å². The van der Waals surface area contributed by atoms with Gasteiger partial charge >= 0.3 is 6.29 Å². The van der Waals surface area contributed by atoms with Gasteiger partial charge in [-0.15, -0.1) is 0 Å². The average molecular weight is 174 g/mol. The van der Waals surface area contributed by atoms with Crippen molar-refractivity contribution in [3.8, 4) is 23.3 Å². The molecule has 0 saturated heterocycles. The molecule has 1 aliphatic rings. The van der Waals surface area contributed by atoms with E-state index in [0.717, 1.165) is 0 Å². The maximum absolute atomic E-state index is 9.95. The Morgan fingerprint density at radius 1 is 1.23 bits per heavy atom. The molecular weight excluding hydrogens is 168 g/mol. The average Bonchev–Trinajstić information content (AvgIpc) is 2.57. The predicted octanol–water partition coefficient (Wildman–Crippen LogP) is 0.986. The monoisotopic (exact) mass is 174 g/mol. The summed E-state index contributed by atoms with van der Waals surface area (Å²) in [7, 11) is 0. The van der Waals surface area contributed by atoms with Crippen molar-refractivity contribution in [2.45, 2.75) is 6.29 Å². The summed E-state index contributed by atoms with van der Waals surface area (Å²) in [4.78, 5) is 9.95. The molecule has 64 valence electrons. The highest BCUT2D eigenvalue weighted by atomic mass is 16.7. The van der Waals surface area contributed by atoms with Crippen molar-refractivity contribution < 1.29 is 14.3 Å². The van der Waals surface area contributed by atoms with Crippen LogP contribution in [0.15, 0.2) is 24.3 Å². The van der Waals surface area contributed by atoms with Crippen molar-refractivity contribution >= 4 is 6.29 Å². The zero-order valence-corrected chi connectivity index (χ0v) is 6.69. The number of hydrogen-bond donors (Lipinski definition) is 0. The predicted molar refractivity (Wildman–Crippen MR) is 45.3 cm³/mol. The van der Waals surface area contributed by atoms with Gasteiger partial charge in [0.15, 0.2) is 17.8 Å². The van der Waals surface area contributed by atoms with E-state index >= 15 is 0 Å². The number of carbonyl (C=O) groups is 1. The van der Waals surface area contributed by atoms with Crippen LogP contribution < -0.4 is 9.47 Å². The fraction of sp³-hybridized carbons (Fsp3) is 0.100. The van der Waals surface area contributed by atoms with Gasteiger partial charge in [-0.3, -0.25) is 4.79 Å². The molecule has 3 heteroatoms. The third kappa shape index (κ3) is 1.47. The van der Waals surface area contributed by atoms with Gasteiger partial charge in [0.25, 0.3) is 0 Å². The summed E-state index contributed by atoms with van der Waals surface area (Å²) in [5.74, 6) is 6.08. The van der Waals surface area contributed by atoms with E-state index in [2.05, 4.69) is 11.8 Å². The molecule has 0 unspecified atom stereocenters. The number of fused-ring (bicyclic) bond motifs is 1. The van der Waals surface area contributed by atoms with Gasteiger partial charge in [0.2, 0.25) is 0 Å². The molecule has 0 amide bonds. The smallest absolute Gasteiger partial charge is 0.306 e. The van der Waals surface area contributed by atoms with E-state index in [0.29, 0.717) is 17.8 Å². The van der Waals surface area contributed by atoms with Crippen LogP contribution in [-0.4, -0.2) is 12.6 Å². The standard InChI is InChI=1S/C10H6O3/c11-7-3-6-10-12-8-4-1-2-5-9(8)13-10/h1-2,4-5,7,10H. The van der Waals surface area contributed by atoms with Crippen LogP contribution >= 0.6 is 0 Å². The molecule has 0 aliphatic carbocycles. The molecule has 1 aromatic rings. The number of aldehydes is 1. The van der Waals surface area contributed by atoms with Crippen molar-refractivity contribution in [3.63, 3.8) is 0 Å². The fourth-order valence-corrected chi connectivity index (χ4v) is 1.06. The number of rotatable bonds is 0. The number of hydrogen-bond acceptors (Lipinski definition) is 3. The zero-order valence-electron chi connectivity index (χ0n) is 6.69. The normalized spacial score (nSPS) is 13.2. The van der Waals surface area contributed by atoms with Crippen molar-refractivity contribution in [1.82, 2.24) is 0 Å². The summed E-state index contributed by atoms with van der Waals surface area (Å²) < 4.78 is 10.5. The zero-order chi connectivity index (χ0) is 9.10. The van der Waals surface area contributed by atoms with Crippen LogP contribution in [-0.2, 0) is 4.79 Å². The van der Waals surface area contributed by atoms with E-state index in [-0.39, 0.29) is 0 Å². The molecular formula is C10H6O3. The first-order chi connectivity index (χ1) is 6.40. The van der Waals surface area contributed by atoms with Crippen molar-refractivity contribution in [3.05, 3.63) is 24.3 Å². The molecule has 0 fully saturated rings. The molecule has 0 radical (unpaired) electrons. The van der Waals surface area contributed by atoms with Gasteiger partial charge in [-0.1, -0.05) is 12.1 Å². The number of para-hydroxylation sites is 2. The Morgan fingerprint density at radius 2 is 1.85 bits per heavy atom. The van der Waals surface area contributed by atoms with E-state index < -0.39 is 6.29 Å². The first-order valence-electron chi connectivity index (χ1n) is 3.77. The quantitative estimate of drug-likeness (QED) is 0.434. The summed E-state index contributed by atoms with van der Waals surface area (Å²) in [6, 6.07) is 7.27. The van der Waals surface area contributed by atoms with Gasteiger partial charge in [-0.05, 0) is 24.0 Å². The highest BCUT2D eigenvalue weighted by molar-refractivity contribution is 5.72. The molecule has 1 aromatic carbocycles. The van der Waals surface area contributed by atoms with Gasteiger partial charge in [0.1, 0.15) is 0 Å². The molecule has 0 N–H and O–H groups in total. The SMILES string of the molecule is O=CC#CC1Oc2ccccc2O1. The van der Waals surface area contributed by atoms with Crippen molar-refractivity contribution in [2.24, 2.45) is 0 Å². The number of carbonyl (C=O) groups excluding carboxylic acids is 1. The molecule has 0 atom stereocenters. The largest absolute Gasteiger partial charge is 0.440 e. The highest BCUT2D eigenvalue weighted by Gasteiger charge is 2.20. The maximum Gasteiger partial charge on any atom is 0.306 e. The van der Waals surface area contributed by atoms with Crippen molar-refractivity contribution in [2.75, 3.05) is 0 Å². The third-order valence-electron chi connectivity index (χ3n) is 1.58. The van der Waals surface area contributed by atoms with Gasteiger partial charge in [-0.2, -0.15) is 0 Å². The van der Waals surface area contributed by atoms with Gasteiger partial charge in [0.05, 0.1) is 0 Å². The lowest BCUT2D eigenvalue weighted by atomic mass is 10.3. The second-order valence-corrected chi connectivity index (χ2v) is 2.42. The molecule has 0 bridgehead atoms. The number of ether oxygens (including phenoxy) is 2.